The normalized spacial score (nSPS) is 29.2. The molecule has 1 aliphatic rings. The van der Waals surface area contributed by atoms with E-state index in [-0.39, 0.29) is 16.9 Å². The highest BCUT2D eigenvalue weighted by molar-refractivity contribution is 7.89. The third-order valence-electron chi connectivity index (χ3n) is 4.83. The first-order valence-electron chi connectivity index (χ1n) is 6.90. The monoisotopic (exact) mass is 315 g/mol. The van der Waals surface area contributed by atoms with Crippen LogP contribution in [0, 0.1) is 17.3 Å². The topological polar surface area (TPSA) is 112 Å². The lowest BCUT2D eigenvalue weighted by molar-refractivity contribution is -0.150. The van der Waals surface area contributed by atoms with E-state index in [1.54, 1.807) is 0 Å². The second kappa shape index (κ2) is 5.42. The Bertz CT molecular complexity index is 609. The van der Waals surface area contributed by atoms with Gasteiger partial charge in [0.1, 0.15) is 4.90 Å². The summed E-state index contributed by atoms with van der Waals surface area (Å²) in [6, 6.07) is -0.282. The van der Waals surface area contributed by atoms with Gasteiger partial charge in [-0.2, -0.15) is 5.10 Å². The van der Waals surface area contributed by atoms with Gasteiger partial charge in [0.05, 0.1) is 12.1 Å². The van der Waals surface area contributed by atoms with Gasteiger partial charge >= 0.3 is 5.97 Å². The number of carboxylic acids is 1. The van der Waals surface area contributed by atoms with Gasteiger partial charge in [0.25, 0.3) is 0 Å². The number of hydrogen-bond donors (Lipinski definition) is 3. The molecule has 0 amide bonds. The zero-order chi connectivity index (χ0) is 15.8. The van der Waals surface area contributed by atoms with Crippen LogP contribution in [-0.2, 0) is 14.8 Å². The Labute approximate surface area is 124 Å². The number of rotatable bonds is 4. The molecule has 0 spiro atoms. The molecule has 118 valence electrons. The van der Waals surface area contributed by atoms with Crippen molar-refractivity contribution in [1.29, 1.82) is 0 Å². The molecule has 21 heavy (non-hydrogen) atoms. The van der Waals surface area contributed by atoms with Crippen molar-refractivity contribution in [3.8, 4) is 0 Å². The number of aliphatic carboxylic acids is 1. The number of sulfonamides is 1. The van der Waals surface area contributed by atoms with Gasteiger partial charge in [-0.25, -0.2) is 13.1 Å². The van der Waals surface area contributed by atoms with Crippen molar-refractivity contribution in [2.24, 2.45) is 17.3 Å². The summed E-state index contributed by atoms with van der Waals surface area (Å²) in [4.78, 5) is 11.4. The summed E-state index contributed by atoms with van der Waals surface area (Å²) in [6.07, 6.45) is 3.55. The van der Waals surface area contributed by atoms with Crippen molar-refractivity contribution < 1.29 is 18.3 Å². The Morgan fingerprint density at radius 1 is 1.48 bits per heavy atom. The molecule has 0 saturated heterocycles. The second-order valence-electron chi connectivity index (χ2n) is 6.24. The van der Waals surface area contributed by atoms with E-state index in [0.29, 0.717) is 12.8 Å². The minimum atomic E-state index is -3.63. The van der Waals surface area contributed by atoms with Crippen LogP contribution in [0.2, 0.25) is 0 Å². The summed E-state index contributed by atoms with van der Waals surface area (Å²) in [5, 5.41) is 15.4. The molecule has 1 heterocycles. The Morgan fingerprint density at radius 3 is 2.67 bits per heavy atom. The molecular formula is C13H21N3O4S. The predicted molar refractivity (Wildman–Crippen MR) is 76.0 cm³/mol. The molecule has 3 N–H and O–H groups in total. The number of aromatic amines is 1. The van der Waals surface area contributed by atoms with Crippen molar-refractivity contribution >= 4 is 16.0 Å². The molecule has 1 aliphatic carbocycles. The predicted octanol–water partition coefficient (Wildman–Crippen LogP) is 1.21. The van der Waals surface area contributed by atoms with Crippen LogP contribution < -0.4 is 4.72 Å². The fourth-order valence-corrected chi connectivity index (χ4v) is 4.32. The molecule has 0 bridgehead atoms. The Hall–Kier alpha value is -1.41. The van der Waals surface area contributed by atoms with Gasteiger partial charge in [-0.15, -0.1) is 0 Å². The van der Waals surface area contributed by atoms with Gasteiger partial charge in [-0.1, -0.05) is 20.8 Å². The van der Waals surface area contributed by atoms with E-state index in [1.807, 2.05) is 20.8 Å². The number of nitrogens with zero attached hydrogens (tertiary/aromatic N) is 1. The standard InChI is InChI=1S/C13H21N3O4S/c1-8-11(5-4-10(12(17)18)13(8,2)3)16-21(19,20)9-6-14-15-7-9/h6-8,10-11,16H,4-5H2,1-3H3,(H,14,15)(H,17,18). The maximum Gasteiger partial charge on any atom is 0.307 e. The SMILES string of the molecule is CC1C(NS(=O)(=O)c2cn[nH]c2)CCC(C(=O)O)C1(C)C. The zero-order valence-electron chi connectivity index (χ0n) is 12.3. The quantitative estimate of drug-likeness (QED) is 0.773. The van der Waals surface area contributed by atoms with Crippen molar-refractivity contribution in [2.45, 2.75) is 44.6 Å². The van der Waals surface area contributed by atoms with Crippen molar-refractivity contribution in [3.05, 3.63) is 12.4 Å². The van der Waals surface area contributed by atoms with Gasteiger partial charge in [-0.3, -0.25) is 9.89 Å². The maximum absolute atomic E-state index is 12.2. The van der Waals surface area contributed by atoms with Crippen LogP contribution in [0.4, 0.5) is 0 Å². The third kappa shape index (κ3) is 2.96. The summed E-state index contributed by atoms with van der Waals surface area (Å²) < 4.78 is 27.2. The first-order chi connectivity index (χ1) is 9.66. The van der Waals surface area contributed by atoms with Gasteiger partial charge in [0.2, 0.25) is 10.0 Å². The molecule has 0 aromatic carbocycles. The van der Waals surface area contributed by atoms with Gasteiger partial charge in [0, 0.05) is 12.2 Å². The van der Waals surface area contributed by atoms with E-state index in [4.69, 9.17) is 0 Å². The highest BCUT2D eigenvalue weighted by Gasteiger charge is 2.47. The first-order valence-corrected chi connectivity index (χ1v) is 8.38. The minimum absolute atomic E-state index is 0.0889. The van der Waals surface area contributed by atoms with Crippen LogP contribution in [0.5, 0.6) is 0 Å². The second-order valence-corrected chi connectivity index (χ2v) is 7.95. The molecule has 1 saturated carbocycles. The lowest BCUT2D eigenvalue weighted by Gasteiger charge is -2.46. The fraction of sp³-hybridized carbons (Fsp3) is 0.692. The number of hydrogen-bond acceptors (Lipinski definition) is 4. The van der Waals surface area contributed by atoms with E-state index < -0.39 is 27.3 Å². The van der Waals surface area contributed by atoms with Crippen molar-refractivity contribution in [2.75, 3.05) is 0 Å². The molecule has 1 aromatic heterocycles. The summed E-state index contributed by atoms with van der Waals surface area (Å²) in [6.45, 7) is 5.67. The molecule has 0 radical (unpaired) electrons. The van der Waals surface area contributed by atoms with Gasteiger partial charge in [0.15, 0.2) is 0 Å². The van der Waals surface area contributed by atoms with Gasteiger partial charge in [-0.05, 0) is 24.2 Å². The van der Waals surface area contributed by atoms with E-state index in [2.05, 4.69) is 14.9 Å². The average Bonchev–Trinajstić information content (AvgIpc) is 2.89. The number of carboxylic acid groups (broad SMARTS) is 1. The molecule has 2 rings (SSSR count). The lowest BCUT2D eigenvalue weighted by atomic mass is 9.61. The Balaban J connectivity index is 2.18. The number of H-pyrrole nitrogens is 1. The van der Waals surface area contributed by atoms with Crippen LogP contribution in [0.25, 0.3) is 0 Å². The van der Waals surface area contributed by atoms with E-state index >= 15 is 0 Å². The van der Waals surface area contributed by atoms with E-state index in [1.165, 1.54) is 12.4 Å². The van der Waals surface area contributed by atoms with Crippen LogP contribution in [0.1, 0.15) is 33.6 Å². The first kappa shape index (κ1) is 16.0. The summed E-state index contributed by atoms with van der Waals surface area (Å²) in [5.74, 6) is -1.36. The number of carbonyl (C=O) groups is 1. The molecule has 1 fully saturated rings. The largest absolute Gasteiger partial charge is 0.481 e. The molecule has 1 aromatic rings. The van der Waals surface area contributed by atoms with Crippen LogP contribution >= 0.6 is 0 Å². The third-order valence-corrected chi connectivity index (χ3v) is 6.29. The van der Waals surface area contributed by atoms with Crippen molar-refractivity contribution in [3.63, 3.8) is 0 Å². The molecule has 8 heteroatoms. The highest BCUT2D eigenvalue weighted by atomic mass is 32.2. The molecular weight excluding hydrogens is 294 g/mol. The summed E-state index contributed by atoms with van der Waals surface area (Å²) >= 11 is 0. The Kier molecular flexibility index (Phi) is 4.12. The van der Waals surface area contributed by atoms with E-state index in [9.17, 15) is 18.3 Å². The lowest BCUT2D eigenvalue weighted by Crippen LogP contribution is -2.52. The smallest absolute Gasteiger partial charge is 0.307 e. The van der Waals surface area contributed by atoms with Crippen molar-refractivity contribution in [1.82, 2.24) is 14.9 Å². The summed E-state index contributed by atoms with van der Waals surface area (Å²) in [7, 11) is -3.63. The van der Waals surface area contributed by atoms with Crippen LogP contribution in [0.3, 0.4) is 0 Å². The zero-order valence-corrected chi connectivity index (χ0v) is 13.1. The van der Waals surface area contributed by atoms with E-state index in [0.717, 1.165) is 0 Å². The molecule has 0 aliphatic heterocycles. The average molecular weight is 315 g/mol. The van der Waals surface area contributed by atoms with Crippen LogP contribution in [-0.4, -0.2) is 35.7 Å². The number of nitrogens with one attached hydrogen (secondary N) is 2. The number of aromatic nitrogens is 2. The van der Waals surface area contributed by atoms with Gasteiger partial charge < -0.3 is 5.11 Å². The Morgan fingerprint density at radius 2 is 2.14 bits per heavy atom. The maximum atomic E-state index is 12.2. The highest BCUT2D eigenvalue weighted by Crippen LogP contribution is 2.45. The fourth-order valence-electron chi connectivity index (χ4n) is 3.06. The molecule has 3 atom stereocenters. The molecule has 3 unspecified atom stereocenters. The summed E-state index contributed by atoms with van der Waals surface area (Å²) in [5.41, 5.74) is -0.479. The molecule has 7 nitrogen and oxygen atoms in total. The van der Waals surface area contributed by atoms with Crippen LogP contribution in [0.15, 0.2) is 17.3 Å². The minimum Gasteiger partial charge on any atom is -0.481 e.